The molecular formula is C60H42N2. The van der Waals surface area contributed by atoms with Crippen LogP contribution in [0.4, 0.5) is 17.1 Å². The van der Waals surface area contributed by atoms with Crippen molar-refractivity contribution >= 4 is 38.9 Å². The summed E-state index contributed by atoms with van der Waals surface area (Å²) in [6, 6.07) is 92.1. The Balaban J connectivity index is 1.15. The van der Waals surface area contributed by atoms with Gasteiger partial charge in [0.15, 0.2) is 0 Å². The SMILES string of the molecule is c1ccc(-c2ccc(-n3c4ccccc4c4ccc(N(c5ccccc5)c5ccc(-c6ccccc6-c6ccccc6)cc5-c5ccccc5)cc43)c(-c3ccccc3)c2)cc1. The average molecular weight is 791 g/mol. The molecule has 11 rings (SSSR count). The molecule has 0 aliphatic carbocycles. The minimum Gasteiger partial charge on any atom is -0.310 e. The second-order valence-corrected chi connectivity index (χ2v) is 15.7. The van der Waals surface area contributed by atoms with Crippen LogP contribution in [0.25, 0.3) is 83.1 Å². The van der Waals surface area contributed by atoms with Gasteiger partial charge in [0.05, 0.1) is 22.4 Å². The first-order chi connectivity index (χ1) is 30.8. The molecule has 0 spiro atoms. The van der Waals surface area contributed by atoms with Gasteiger partial charge in [-0.1, -0.05) is 200 Å². The molecule has 0 fully saturated rings. The van der Waals surface area contributed by atoms with Crippen LogP contribution in [-0.4, -0.2) is 4.57 Å². The van der Waals surface area contributed by atoms with Crippen LogP contribution in [-0.2, 0) is 0 Å². The average Bonchev–Trinajstić information content (AvgIpc) is 3.69. The summed E-state index contributed by atoms with van der Waals surface area (Å²) in [4.78, 5) is 2.42. The van der Waals surface area contributed by atoms with Crippen LogP contribution in [0.2, 0.25) is 0 Å². The molecule has 2 heteroatoms. The van der Waals surface area contributed by atoms with Crippen LogP contribution in [0.15, 0.2) is 255 Å². The fourth-order valence-electron chi connectivity index (χ4n) is 9.10. The maximum Gasteiger partial charge on any atom is 0.0562 e. The highest BCUT2D eigenvalue weighted by Crippen LogP contribution is 2.46. The van der Waals surface area contributed by atoms with Crippen molar-refractivity contribution in [3.8, 4) is 61.3 Å². The van der Waals surface area contributed by atoms with Crippen molar-refractivity contribution in [3.05, 3.63) is 255 Å². The van der Waals surface area contributed by atoms with Crippen LogP contribution in [0.5, 0.6) is 0 Å². The highest BCUT2D eigenvalue weighted by Gasteiger charge is 2.22. The van der Waals surface area contributed by atoms with Crippen molar-refractivity contribution in [2.75, 3.05) is 4.90 Å². The fraction of sp³-hybridized carbons (Fsp3) is 0. The van der Waals surface area contributed by atoms with Crippen molar-refractivity contribution in [1.82, 2.24) is 4.57 Å². The second kappa shape index (κ2) is 16.1. The standard InChI is InChI=1S/C60H42N2/c1-6-20-43(21-7-1)47-34-38-59(55(40-47)45-24-10-3-11-25-45)62-57-33-19-18-32-53(57)54-37-36-50(42-60(54)62)61(49-28-14-5-15-29-49)58-39-35-48(41-56(58)46-26-12-4-13-27-46)52-31-17-16-30-51(52)44-22-8-2-9-23-44/h1-42H. The van der Waals surface area contributed by atoms with E-state index in [0.717, 1.165) is 39.4 Å². The number of fused-ring (bicyclic) bond motifs is 3. The molecule has 0 saturated heterocycles. The number of benzene rings is 10. The van der Waals surface area contributed by atoms with Gasteiger partial charge in [0, 0.05) is 33.3 Å². The largest absolute Gasteiger partial charge is 0.310 e. The number of anilines is 3. The van der Waals surface area contributed by atoms with Gasteiger partial charge in [0.1, 0.15) is 0 Å². The van der Waals surface area contributed by atoms with E-state index in [1.807, 2.05) is 0 Å². The molecule has 0 amide bonds. The third kappa shape index (κ3) is 6.74. The molecule has 10 aromatic carbocycles. The van der Waals surface area contributed by atoms with Gasteiger partial charge in [-0.2, -0.15) is 0 Å². The van der Waals surface area contributed by atoms with E-state index in [4.69, 9.17) is 0 Å². The number of aromatic nitrogens is 1. The van der Waals surface area contributed by atoms with E-state index < -0.39 is 0 Å². The zero-order chi connectivity index (χ0) is 41.2. The molecule has 0 N–H and O–H groups in total. The Labute approximate surface area is 362 Å². The van der Waals surface area contributed by atoms with Gasteiger partial charge in [-0.25, -0.2) is 0 Å². The van der Waals surface area contributed by atoms with Crippen molar-refractivity contribution in [2.45, 2.75) is 0 Å². The number of hydrogen-bond acceptors (Lipinski definition) is 1. The molecule has 292 valence electrons. The topological polar surface area (TPSA) is 8.17 Å². The first-order valence-corrected chi connectivity index (χ1v) is 21.3. The lowest BCUT2D eigenvalue weighted by atomic mass is 9.91. The lowest BCUT2D eigenvalue weighted by Gasteiger charge is -2.29. The third-order valence-electron chi connectivity index (χ3n) is 12.0. The zero-order valence-corrected chi connectivity index (χ0v) is 34.1. The van der Waals surface area contributed by atoms with Gasteiger partial charge >= 0.3 is 0 Å². The lowest BCUT2D eigenvalue weighted by Crippen LogP contribution is -2.11. The fourth-order valence-corrected chi connectivity index (χ4v) is 9.10. The van der Waals surface area contributed by atoms with Crippen LogP contribution in [0.3, 0.4) is 0 Å². The summed E-state index contributed by atoms with van der Waals surface area (Å²) < 4.78 is 2.47. The minimum atomic E-state index is 1.07. The van der Waals surface area contributed by atoms with Crippen LogP contribution >= 0.6 is 0 Å². The van der Waals surface area contributed by atoms with Crippen molar-refractivity contribution in [3.63, 3.8) is 0 Å². The molecule has 0 unspecified atom stereocenters. The number of rotatable bonds is 9. The molecule has 0 aliphatic rings. The molecule has 0 saturated carbocycles. The Morgan fingerprint density at radius 1 is 0.258 bits per heavy atom. The molecule has 0 aliphatic heterocycles. The van der Waals surface area contributed by atoms with E-state index in [-0.39, 0.29) is 0 Å². The molecule has 1 aromatic heterocycles. The second-order valence-electron chi connectivity index (χ2n) is 15.7. The Kier molecular flexibility index (Phi) is 9.57. The summed E-state index contributed by atoms with van der Waals surface area (Å²) in [7, 11) is 0. The van der Waals surface area contributed by atoms with E-state index in [1.165, 1.54) is 60.8 Å². The van der Waals surface area contributed by atoms with E-state index >= 15 is 0 Å². The molecule has 62 heavy (non-hydrogen) atoms. The highest BCUT2D eigenvalue weighted by atomic mass is 15.1. The summed E-state index contributed by atoms with van der Waals surface area (Å²) in [6.45, 7) is 0. The zero-order valence-electron chi connectivity index (χ0n) is 34.1. The van der Waals surface area contributed by atoms with E-state index in [9.17, 15) is 0 Å². The van der Waals surface area contributed by atoms with Gasteiger partial charge in [-0.3, -0.25) is 0 Å². The summed E-state index contributed by atoms with van der Waals surface area (Å²) in [5.41, 5.74) is 18.5. The first-order valence-electron chi connectivity index (χ1n) is 21.3. The normalized spacial score (nSPS) is 11.2. The molecule has 2 nitrogen and oxygen atoms in total. The molecule has 0 radical (unpaired) electrons. The Hall–Kier alpha value is -8.20. The van der Waals surface area contributed by atoms with Crippen molar-refractivity contribution in [1.29, 1.82) is 0 Å². The monoisotopic (exact) mass is 790 g/mol. The quantitative estimate of drug-likeness (QED) is 0.141. The van der Waals surface area contributed by atoms with Crippen LogP contribution in [0.1, 0.15) is 0 Å². The summed E-state index contributed by atoms with van der Waals surface area (Å²) in [5, 5.41) is 2.43. The van der Waals surface area contributed by atoms with Gasteiger partial charge < -0.3 is 9.47 Å². The maximum atomic E-state index is 2.47. The highest BCUT2D eigenvalue weighted by molar-refractivity contribution is 6.11. The van der Waals surface area contributed by atoms with Gasteiger partial charge in [0.2, 0.25) is 0 Å². The maximum absolute atomic E-state index is 2.47. The molecule has 0 bridgehead atoms. The Bertz CT molecular complexity index is 3320. The number of nitrogens with zero attached hydrogens (tertiary/aromatic N) is 2. The van der Waals surface area contributed by atoms with Gasteiger partial charge in [-0.15, -0.1) is 0 Å². The Morgan fingerprint density at radius 2 is 0.742 bits per heavy atom. The molecular weight excluding hydrogens is 749 g/mol. The van der Waals surface area contributed by atoms with E-state index in [1.54, 1.807) is 0 Å². The molecule has 0 atom stereocenters. The Morgan fingerprint density at radius 3 is 1.40 bits per heavy atom. The predicted molar refractivity (Wildman–Crippen MR) is 263 cm³/mol. The number of hydrogen-bond donors (Lipinski definition) is 0. The van der Waals surface area contributed by atoms with Gasteiger partial charge in [0.25, 0.3) is 0 Å². The molecule has 1 heterocycles. The van der Waals surface area contributed by atoms with Crippen molar-refractivity contribution in [2.24, 2.45) is 0 Å². The van der Waals surface area contributed by atoms with Crippen LogP contribution in [0, 0.1) is 0 Å². The lowest BCUT2D eigenvalue weighted by molar-refractivity contribution is 1.18. The molecule has 11 aromatic rings. The van der Waals surface area contributed by atoms with E-state index in [2.05, 4.69) is 264 Å². The predicted octanol–water partition coefficient (Wildman–Crippen LogP) is 16.6. The summed E-state index contributed by atoms with van der Waals surface area (Å²) in [5.74, 6) is 0. The van der Waals surface area contributed by atoms with E-state index in [0.29, 0.717) is 0 Å². The minimum absolute atomic E-state index is 1.07. The summed E-state index contributed by atoms with van der Waals surface area (Å²) >= 11 is 0. The first kappa shape index (κ1) is 36.8. The smallest absolute Gasteiger partial charge is 0.0562 e. The van der Waals surface area contributed by atoms with Gasteiger partial charge in [-0.05, 0) is 99.1 Å². The third-order valence-corrected chi connectivity index (χ3v) is 12.0. The van der Waals surface area contributed by atoms with Crippen LogP contribution < -0.4 is 4.90 Å². The summed E-state index contributed by atoms with van der Waals surface area (Å²) in [6.07, 6.45) is 0. The van der Waals surface area contributed by atoms with Crippen molar-refractivity contribution < 1.29 is 0 Å². The number of para-hydroxylation sites is 2.